The molecule has 0 spiro atoms. The van der Waals surface area contributed by atoms with E-state index in [4.69, 9.17) is 18.9 Å². The number of ether oxygens (including phenoxy) is 4. The van der Waals surface area contributed by atoms with Gasteiger partial charge in [-0.3, -0.25) is 0 Å². The summed E-state index contributed by atoms with van der Waals surface area (Å²) in [5, 5.41) is 82.7. The normalized spacial score (nSPS) is 52.5. The first-order chi connectivity index (χ1) is 14.2. The monoisotopic (exact) mass is 441 g/mol. The molecule has 3 saturated heterocycles. The van der Waals surface area contributed by atoms with Crippen LogP contribution in [-0.4, -0.2) is 140 Å². The largest absolute Gasteiger partial charge is 0.395 e. The molecule has 9 N–H and O–H groups in total. The Morgan fingerprint density at radius 2 is 1.37 bits per heavy atom. The molecule has 0 aliphatic carbocycles. The Morgan fingerprint density at radius 3 is 2.00 bits per heavy atom. The van der Waals surface area contributed by atoms with Crippen LogP contribution in [0.25, 0.3) is 0 Å². The van der Waals surface area contributed by atoms with E-state index in [1.54, 1.807) is 0 Å². The van der Waals surface area contributed by atoms with Crippen LogP contribution in [0.3, 0.4) is 0 Å². The number of hydrogen-bond acceptors (Lipinski definition) is 13. The number of β-amino-alcohol motifs (C(OH)–C–C–N with tert-alkyl or cyclic N) is 1. The number of nitrogens with one attached hydrogen (secondary N) is 1. The third-order valence-corrected chi connectivity index (χ3v) is 5.77. The van der Waals surface area contributed by atoms with Crippen molar-refractivity contribution in [3.05, 3.63) is 0 Å². The lowest BCUT2D eigenvalue weighted by atomic mass is 9.97. The first kappa shape index (κ1) is 24.1. The van der Waals surface area contributed by atoms with Gasteiger partial charge in [-0.1, -0.05) is 0 Å². The van der Waals surface area contributed by atoms with Crippen LogP contribution in [0.5, 0.6) is 0 Å². The molecule has 0 aromatic heterocycles. The zero-order valence-corrected chi connectivity index (χ0v) is 16.3. The summed E-state index contributed by atoms with van der Waals surface area (Å²) in [5.74, 6) is 0. The molecule has 13 atom stereocenters. The predicted molar refractivity (Wildman–Crippen MR) is 94.7 cm³/mol. The molecule has 3 rings (SSSR count). The third-order valence-electron chi connectivity index (χ3n) is 5.77. The van der Waals surface area contributed by atoms with Crippen molar-refractivity contribution in [1.82, 2.24) is 5.32 Å². The molecular formula is C17H31NO12. The second-order valence-corrected chi connectivity index (χ2v) is 7.85. The van der Waals surface area contributed by atoms with Crippen molar-refractivity contribution in [2.45, 2.75) is 86.6 Å². The van der Waals surface area contributed by atoms with Crippen LogP contribution < -0.4 is 5.32 Å². The van der Waals surface area contributed by atoms with Crippen molar-refractivity contribution in [3.63, 3.8) is 0 Å². The maximum atomic E-state index is 10.6. The van der Waals surface area contributed by atoms with Crippen molar-refractivity contribution in [1.29, 1.82) is 0 Å². The molecule has 13 heteroatoms. The molecule has 0 radical (unpaired) electrons. The van der Waals surface area contributed by atoms with Gasteiger partial charge in [0.2, 0.25) is 0 Å². The molecule has 3 aliphatic rings. The molecule has 0 aromatic rings. The summed E-state index contributed by atoms with van der Waals surface area (Å²) in [6.45, 7) is 0.600. The highest BCUT2D eigenvalue weighted by Crippen LogP contribution is 2.30. The molecule has 0 saturated carbocycles. The minimum Gasteiger partial charge on any atom is -0.395 e. The van der Waals surface area contributed by atoms with Gasteiger partial charge in [-0.05, 0) is 6.92 Å². The zero-order chi connectivity index (χ0) is 22.2. The Bertz CT molecular complexity index is 555. The molecule has 0 aromatic carbocycles. The molecule has 0 amide bonds. The lowest BCUT2D eigenvalue weighted by Crippen LogP contribution is -2.64. The minimum absolute atomic E-state index is 0.152. The van der Waals surface area contributed by atoms with E-state index >= 15 is 0 Å². The summed E-state index contributed by atoms with van der Waals surface area (Å²) in [5.41, 5.74) is 0. The van der Waals surface area contributed by atoms with Crippen molar-refractivity contribution >= 4 is 0 Å². The van der Waals surface area contributed by atoms with Gasteiger partial charge in [0.05, 0.1) is 31.5 Å². The Morgan fingerprint density at radius 1 is 0.767 bits per heavy atom. The highest BCUT2D eigenvalue weighted by atomic mass is 16.7. The molecular weight excluding hydrogens is 410 g/mol. The summed E-state index contributed by atoms with van der Waals surface area (Å²) in [6, 6.07) is -0.616. The predicted octanol–water partition coefficient (Wildman–Crippen LogP) is -5.65. The minimum atomic E-state index is -1.67. The first-order valence-electron chi connectivity index (χ1n) is 9.84. The highest BCUT2D eigenvalue weighted by Gasteiger charge is 2.51. The van der Waals surface area contributed by atoms with Crippen LogP contribution in [0.15, 0.2) is 0 Å². The third kappa shape index (κ3) is 4.63. The zero-order valence-electron chi connectivity index (χ0n) is 16.3. The summed E-state index contributed by atoms with van der Waals surface area (Å²) in [6.07, 6.45) is -16.2. The SMILES string of the molecule is C[C@H]1O[C@@H](O[C@H]2[C@H](O)[C@@H](O)[C@@H](O[C@H]3[C@H](O)CN[C@@H]3CO)O[C@@H]2CO)[C@H](O)[C@@H](O)[C@@H]1O. The van der Waals surface area contributed by atoms with E-state index in [0.717, 1.165) is 0 Å². The molecule has 0 bridgehead atoms. The van der Waals surface area contributed by atoms with Gasteiger partial charge in [0.15, 0.2) is 12.6 Å². The molecule has 176 valence electrons. The fourth-order valence-corrected chi connectivity index (χ4v) is 3.90. The second-order valence-electron chi connectivity index (χ2n) is 7.85. The van der Waals surface area contributed by atoms with E-state index in [1.807, 2.05) is 0 Å². The van der Waals surface area contributed by atoms with Crippen molar-refractivity contribution in [3.8, 4) is 0 Å². The van der Waals surface area contributed by atoms with Crippen LogP contribution >= 0.6 is 0 Å². The van der Waals surface area contributed by atoms with Crippen molar-refractivity contribution < 1.29 is 59.8 Å². The van der Waals surface area contributed by atoms with E-state index < -0.39 is 86.3 Å². The number of aliphatic hydroxyl groups is 8. The lowest BCUT2D eigenvalue weighted by molar-refractivity contribution is -0.361. The van der Waals surface area contributed by atoms with Gasteiger partial charge in [-0.15, -0.1) is 0 Å². The number of hydrogen-bond donors (Lipinski definition) is 9. The number of aliphatic hydroxyl groups excluding tert-OH is 8. The van der Waals surface area contributed by atoms with E-state index in [-0.39, 0.29) is 13.2 Å². The quantitative estimate of drug-likeness (QED) is 0.188. The van der Waals surface area contributed by atoms with Gasteiger partial charge in [-0.2, -0.15) is 0 Å². The van der Waals surface area contributed by atoms with Gasteiger partial charge in [0, 0.05) is 6.54 Å². The van der Waals surface area contributed by atoms with Gasteiger partial charge < -0.3 is 65.1 Å². The maximum absolute atomic E-state index is 10.6. The first-order valence-corrected chi connectivity index (χ1v) is 9.84. The standard InChI is InChI=1S/C17H31NO12/c1-5-9(22)10(23)12(25)16(27-5)30-15-8(4-20)28-17(13(26)11(15)24)29-14-6(3-19)18-2-7(14)21/h5-26H,2-4H2,1H3/t5-,6-,7-,8-,9-,10+,11-,12-,13-,14-,15-,16+,17-/m1/s1. The molecule has 13 nitrogen and oxygen atoms in total. The van der Waals surface area contributed by atoms with Crippen molar-refractivity contribution in [2.24, 2.45) is 0 Å². The summed E-state index contributed by atoms with van der Waals surface area (Å²) < 4.78 is 21.9. The maximum Gasteiger partial charge on any atom is 0.187 e. The Labute approximate surface area is 172 Å². The van der Waals surface area contributed by atoms with Crippen LogP contribution in [0.4, 0.5) is 0 Å². The molecule has 3 fully saturated rings. The van der Waals surface area contributed by atoms with Crippen LogP contribution in [0, 0.1) is 0 Å². The lowest BCUT2D eigenvalue weighted by Gasteiger charge is -2.46. The Balaban J connectivity index is 1.68. The molecule has 0 unspecified atom stereocenters. The topological polar surface area (TPSA) is 211 Å². The second kappa shape index (κ2) is 9.95. The van der Waals surface area contributed by atoms with Gasteiger partial charge in [-0.25, -0.2) is 0 Å². The van der Waals surface area contributed by atoms with Gasteiger partial charge in [0.1, 0.15) is 48.8 Å². The number of rotatable bonds is 6. The Kier molecular flexibility index (Phi) is 8.01. The van der Waals surface area contributed by atoms with Gasteiger partial charge >= 0.3 is 0 Å². The fourth-order valence-electron chi connectivity index (χ4n) is 3.90. The van der Waals surface area contributed by atoms with E-state index in [0.29, 0.717) is 0 Å². The molecule has 3 heterocycles. The van der Waals surface area contributed by atoms with Crippen LogP contribution in [0.1, 0.15) is 6.92 Å². The highest BCUT2D eigenvalue weighted by molar-refractivity contribution is 4.96. The fraction of sp³-hybridized carbons (Fsp3) is 1.00. The molecule has 3 aliphatic heterocycles. The van der Waals surface area contributed by atoms with E-state index in [1.165, 1.54) is 6.92 Å². The summed E-state index contributed by atoms with van der Waals surface area (Å²) >= 11 is 0. The van der Waals surface area contributed by atoms with Crippen molar-refractivity contribution in [2.75, 3.05) is 19.8 Å². The molecule has 30 heavy (non-hydrogen) atoms. The van der Waals surface area contributed by atoms with E-state index in [9.17, 15) is 40.9 Å². The van der Waals surface area contributed by atoms with Crippen LogP contribution in [-0.2, 0) is 18.9 Å². The summed E-state index contributed by atoms with van der Waals surface area (Å²) in [7, 11) is 0. The van der Waals surface area contributed by atoms with E-state index in [2.05, 4.69) is 5.32 Å². The average molecular weight is 441 g/mol. The summed E-state index contributed by atoms with van der Waals surface area (Å²) in [4.78, 5) is 0. The average Bonchev–Trinajstić information content (AvgIpc) is 3.09. The van der Waals surface area contributed by atoms with Gasteiger partial charge in [0.25, 0.3) is 0 Å². The smallest absolute Gasteiger partial charge is 0.187 e. The Hall–Kier alpha value is -0.520. The van der Waals surface area contributed by atoms with Crippen LogP contribution in [0.2, 0.25) is 0 Å².